The lowest BCUT2D eigenvalue weighted by Crippen LogP contribution is -2.57. The third-order valence-electron chi connectivity index (χ3n) is 5.91. The molecule has 2 aliphatic heterocycles. The normalized spacial score (nSPS) is 18.3. The second-order valence-corrected chi connectivity index (χ2v) is 7.84. The van der Waals surface area contributed by atoms with Crippen LogP contribution in [0.2, 0.25) is 0 Å². The minimum Gasteiger partial charge on any atom is -0.489 e. The third kappa shape index (κ3) is 6.83. The van der Waals surface area contributed by atoms with E-state index >= 15 is 0 Å². The van der Waals surface area contributed by atoms with E-state index in [1.54, 1.807) is 6.08 Å². The van der Waals surface area contributed by atoms with Crippen molar-refractivity contribution in [2.24, 2.45) is 4.99 Å². The van der Waals surface area contributed by atoms with Gasteiger partial charge in [0.25, 0.3) is 0 Å². The van der Waals surface area contributed by atoms with Crippen molar-refractivity contribution >= 4 is 35.8 Å². The van der Waals surface area contributed by atoms with E-state index in [2.05, 4.69) is 32.8 Å². The number of nitrogens with zero attached hydrogens (tertiary/aromatic N) is 4. The first-order valence-corrected chi connectivity index (χ1v) is 10.9. The van der Waals surface area contributed by atoms with Crippen LogP contribution in [0.15, 0.2) is 41.9 Å². The van der Waals surface area contributed by atoms with Gasteiger partial charge in [-0.1, -0.05) is 30.9 Å². The van der Waals surface area contributed by atoms with Crippen LogP contribution in [0.25, 0.3) is 0 Å². The quantitative estimate of drug-likeness (QED) is 0.249. The molecular formula is C23H36IN5O2. The van der Waals surface area contributed by atoms with Crippen molar-refractivity contribution in [3.05, 3.63) is 42.5 Å². The number of piperazine rings is 1. The number of amides is 1. The Morgan fingerprint density at radius 3 is 2.48 bits per heavy atom. The summed E-state index contributed by atoms with van der Waals surface area (Å²) in [6.45, 7) is 12.1. The summed E-state index contributed by atoms with van der Waals surface area (Å²) in [4.78, 5) is 23.7. The van der Waals surface area contributed by atoms with Gasteiger partial charge in [-0.2, -0.15) is 0 Å². The Morgan fingerprint density at radius 2 is 1.84 bits per heavy atom. The molecule has 0 radical (unpaired) electrons. The smallest absolute Gasteiger partial charge is 0.239 e. The molecule has 172 valence electrons. The summed E-state index contributed by atoms with van der Waals surface area (Å²) in [6.07, 6.45) is 4.02. The Morgan fingerprint density at radius 1 is 1.16 bits per heavy atom. The summed E-state index contributed by atoms with van der Waals surface area (Å²) in [5.41, 5.74) is 1.09. The van der Waals surface area contributed by atoms with Crippen LogP contribution in [0.1, 0.15) is 25.3 Å². The molecule has 2 aliphatic rings. The topological polar surface area (TPSA) is 60.4 Å². The first-order valence-electron chi connectivity index (χ1n) is 10.9. The molecule has 1 aromatic rings. The number of hydrogen-bond acceptors (Lipinski definition) is 4. The monoisotopic (exact) mass is 541 g/mol. The predicted octanol–water partition coefficient (Wildman–Crippen LogP) is 2.57. The van der Waals surface area contributed by atoms with Gasteiger partial charge in [-0.15, -0.1) is 24.0 Å². The van der Waals surface area contributed by atoms with Crippen LogP contribution in [-0.4, -0.2) is 85.5 Å². The molecular weight excluding hydrogens is 505 g/mol. The Bertz CT molecular complexity index is 743. The number of halogens is 1. The minimum absolute atomic E-state index is 0. The molecule has 1 atom stereocenters. The second kappa shape index (κ2) is 12.9. The highest BCUT2D eigenvalue weighted by molar-refractivity contribution is 14.0. The van der Waals surface area contributed by atoms with E-state index in [1.807, 2.05) is 37.1 Å². The number of carbonyl (C=O) groups is 1. The molecule has 1 unspecified atom stereocenters. The number of ether oxygens (including phenoxy) is 1. The molecule has 2 saturated heterocycles. The Kier molecular flexibility index (Phi) is 10.6. The molecule has 0 bridgehead atoms. The summed E-state index contributed by atoms with van der Waals surface area (Å²) >= 11 is 0. The number of rotatable bonds is 7. The van der Waals surface area contributed by atoms with Crippen molar-refractivity contribution in [1.29, 1.82) is 0 Å². The zero-order valence-electron chi connectivity index (χ0n) is 18.8. The van der Waals surface area contributed by atoms with Crippen molar-refractivity contribution in [2.75, 3.05) is 52.9 Å². The van der Waals surface area contributed by atoms with Gasteiger partial charge >= 0.3 is 0 Å². The van der Waals surface area contributed by atoms with Crippen LogP contribution < -0.4 is 10.1 Å². The number of benzene rings is 1. The average molecular weight is 541 g/mol. The summed E-state index contributed by atoms with van der Waals surface area (Å²) in [5.74, 6) is 2.02. The molecule has 7 nitrogen and oxygen atoms in total. The second-order valence-electron chi connectivity index (χ2n) is 7.84. The Labute approximate surface area is 203 Å². The standard InChI is InChI=1S/C23H35N5O2.HI/c1-4-17-30-21-10-6-5-9-20(21)18-25-23(24-3)28-15-13-26(14-16-28)19(2)22(29)27-11-7-8-12-27;/h4-6,9-10,19H,1,7-8,11-18H2,2-3H3,(H,24,25);1H. The maximum atomic E-state index is 12.7. The third-order valence-corrected chi connectivity index (χ3v) is 5.91. The fraction of sp³-hybridized carbons (Fsp3) is 0.565. The molecule has 0 aliphatic carbocycles. The van der Waals surface area contributed by atoms with Crippen molar-refractivity contribution in [2.45, 2.75) is 32.4 Å². The molecule has 0 spiro atoms. The van der Waals surface area contributed by atoms with E-state index in [1.165, 1.54) is 0 Å². The van der Waals surface area contributed by atoms with Gasteiger partial charge in [-0.3, -0.25) is 14.7 Å². The molecule has 2 fully saturated rings. The van der Waals surface area contributed by atoms with Gasteiger partial charge in [0.1, 0.15) is 12.4 Å². The van der Waals surface area contributed by atoms with Crippen LogP contribution in [-0.2, 0) is 11.3 Å². The van der Waals surface area contributed by atoms with Crippen LogP contribution >= 0.6 is 24.0 Å². The molecule has 1 N–H and O–H groups in total. The molecule has 3 rings (SSSR count). The Hall–Kier alpha value is -1.81. The lowest BCUT2D eigenvalue weighted by molar-refractivity contribution is -0.135. The van der Waals surface area contributed by atoms with E-state index in [9.17, 15) is 4.79 Å². The van der Waals surface area contributed by atoms with Crippen molar-refractivity contribution in [1.82, 2.24) is 20.0 Å². The lowest BCUT2D eigenvalue weighted by Gasteiger charge is -2.39. The summed E-state index contributed by atoms with van der Waals surface area (Å²) in [5, 5.41) is 3.46. The number of hydrogen-bond donors (Lipinski definition) is 1. The molecule has 0 aromatic heterocycles. The van der Waals surface area contributed by atoms with E-state index in [4.69, 9.17) is 4.74 Å². The maximum Gasteiger partial charge on any atom is 0.239 e. The van der Waals surface area contributed by atoms with Crippen molar-refractivity contribution in [3.63, 3.8) is 0 Å². The predicted molar refractivity (Wildman–Crippen MR) is 136 cm³/mol. The molecule has 2 heterocycles. The van der Waals surface area contributed by atoms with Crippen LogP contribution in [0.5, 0.6) is 5.75 Å². The molecule has 1 aromatic carbocycles. The van der Waals surface area contributed by atoms with Gasteiger partial charge in [0.15, 0.2) is 5.96 Å². The highest BCUT2D eigenvalue weighted by Gasteiger charge is 2.30. The highest BCUT2D eigenvalue weighted by atomic mass is 127. The zero-order chi connectivity index (χ0) is 21.3. The van der Waals surface area contributed by atoms with Gasteiger partial charge in [0.2, 0.25) is 5.91 Å². The van der Waals surface area contributed by atoms with E-state index < -0.39 is 0 Å². The van der Waals surface area contributed by atoms with Gasteiger partial charge in [-0.05, 0) is 25.8 Å². The van der Waals surface area contributed by atoms with Crippen LogP contribution in [0.3, 0.4) is 0 Å². The van der Waals surface area contributed by atoms with E-state index in [0.717, 1.165) is 69.4 Å². The summed E-state index contributed by atoms with van der Waals surface area (Å²) in [7, 11) is 1.81. The largest absolute Gasteiger partial charge is 0.489 e. The van der Waals surface area contributed by atoms with Gasteiger partial charge in [0.05, 0.1) is 6.04 Å². The van der Waals surface area contributed by atoms with Gasteiger partial charge in [-0.25, -0.2) is 0 Å². The number of carbonyl (C=O) groups excluding carboxylic acids is 1. The number of guanidine groups is 1. The van der Waals surface area contributed by atoms with E-state index in [0.29, 0.717) is 13.2 Å². The summed E-state index contributed by atoms with van der Waals surface area (Å²) in [6, 6.07) is 7.97. The first kappa shape index (κ1) is 25.5. The van der Waals surface area contributed by atoms with E-state index in [-0.39, 0.29) is 35.9 Å². The van der Waals surface area contributed by atoms with Crippen LogP contribution in [0.4, 0.5) is 0 Å². The number of para-hydroxylation sites is 1. The number of nitrogens with one attached hydrogen (secondary N) is 1. The molecule has 1 amide bonds. The fourth-order valence-electron chi connectivity index (χ4n) is 4.12. The SMILES string of the molecule is C=CCOc1ccccc1CNC(=NC)N1CCN(C(C)C(=O)N2CCCC2)CC1.I. The Balaban J connectivity index is 0.00000341. The lowest BCUT2D eigenvalue weighted by atomic mass is 10.2. The minimum atomic E-state index is -0.0471. The first-order chi connectivity index (χ1) is 14.6. The number of likely N-dealkylation sites (tertiary alicyclic amines) is 1. The average Bonchev–Trinajstić information content (AvgIpc) is 3.33. The highest BCUT2D eigenvalue weighted by Crippen LogP contribution is 2.18. The molecule has 0 saturated carbocycles. The summed E-state index contributed by atoms with van der Waals surface area (Å²) < 4.78 is 5.75. The molecule has 8 heteroatoms. The zero-order valence-corrected chi connectivity index (χ0v) is 21.1. The van der Waals surface area contributed by atoms with Gasteiger partial charge < -0.3 is 19.9 Å². The van der Waals surface area contributed by atoms with Crippen molar-refractivity contribution < 1.29 is 9.53 Å². The number of aliphatic imine (C=N–C) groups is 1. The van der Waals surface area contributed by atoms with Crippen molar-refractivity contribution in [3.8, 4) is 5.75 Å². The van der Waals surface area contributed by atoms with Gasteiger partial charge in [0, 0.05) is 58.4 Å². The fourth-order valence-corrected chi connectivity index (χ4v) is 4.12. The van der Waals surface area contributed by atoms with Crippen LogP contribution in [0, 0.1) is 0 Å². The molecule has 31 heavy (non-hydrogen) atoms. The maximum absolute atomic E-state index is 12.7.